The Morgan fingerprint density at radius 2 is 2.40 bits per heavy atom. The number of nitrogens with two attached hydrogens (primary N) is 1. The Labute approximate surface area is 68.6 Å². The van der Waals surface area contributed by atoms with Crippen LogP contribution in [-0.2, 0) is 6.42 Å². The molecule has 0 saturated heterocycles. The van der Waals surface area contributed by atoms with Crippen molar-refractivity contribution in [2.45, 2.75) is 13.3 Å². The van der Waals surface area contributed by atoms with Gasteiger partial charge in [-0.3, -0.25) is 0 Å². The average molecular weight is 201 g/mol. The summed E-state index contributed by atoms with van der Waals surface area (Å²) < 4.78 is 1.04. The van der Waals surface area contributed by atoms with Crippen LogP contribution < -0.4 is 5.73 Å². The highest BCUT2D eigenvalue weighted by atomic mass is 79.9. The molecule has 0 aliphatic carbocycles. The smallest absolute Gasteiger partial charge is 0.127 e. The summed E-state index contributed by atoms with van der Waals surface area (Å²) in [5.41, 5.74) is 6.68. The van der Waals surface area contributed by atoms with E-state index in [-0.39, 0.29) is 0 Å². The normalized spacial score (nSPS) is 9.80. The van der Waals surface area contributed by atoms with Gasteiger partial charge in [0.15, 0.2) is 0 Å². The minimum absolute atomic E-state index is 0.622. The van der Waals surface area contributed by atoms with Gasteiger partial charge in [0, 0.05) is 16.2 Å². The monoisotopic (exact) mass is 200 g/mol. The molecule has 54 valence electrons. The molecule has 1 aromatic rings. The van der Waals surface area contributed by atoms with Crippen molar-refractivity contribution in [3.05, 3.63) is 22.3 Å². The van der Waals surface area contributed by atoms with Crippen LogP contribution in [0.25, 0.3) is 0 Å². The van der Waals surface area contributed by atoms with E-state index < -0.39 is 0 Å². The van der Waals surface area contributed by atoms with E-state index in [0.29, 0.717) is 5.82 Å². The molecule has 0 spiro atoms. The van der Waals surface area contributed by atoms with Crippen molar-refractivity contribution in [1.29, 1.82) is 0 Å². The molecule has 0 aromatic carbocycles. The second-order valence-corrected chi connectivity index (χ2v) is 2.86. The molecule has 0 atom stereocenters. The second-order valence-electron chi connectivity index (χ2n) is 2.01. The molecular weight excluding hydrogens is 192 g/mol. The van der Waals surface area contributed by atoms with Crippen LogP contribution in [0.2, 0.25) is 0 Å². The Morgan fingerprint density at radius 3 is 2.80 bits per heavy atom. The largest absolute Gasteiger partial charge is 0.383 e. The van der Waals surface area contributed by atoms with Crippen LogP contribution in [0, 0.1) is 0 Å². The fraction of sp³-hybridized carbons (Fsp3) is 0.286. The van der Waals surface area contributed by atoms with Crippen molar-refractivity contribution in [2.24, 2.45) is 0 Å². The average Bonchev–Trinajstić information content (AvgIpc) is 1.88. The van der Waals surface area contributed by atoms with E-state index >= 15 is 0 Å². The van der Waals surface area contributed by atoms with E-state index in [9.17, 15) is 0 Å². The molecule has 3 heteroatoms. The third-order valence-corrected chi connectivity index (χ3v) is 2.13. The van der Waals surface area contributed by atoms with Crippen LogP contribution in [-0.4, -0.2) is 4.98 Å². The number of aromatic nitrogens is 1. The fourth-order valence-electron chi connectivity index (χ4n) is 0.834. The lowest BCUT2D eigenvalue weighted by Crippen LogP contribution is -1.96. The molecule has 10 heavy (non-hydrogen) atoms. The van der Waals surface area contributed by atoms with Gasteiger partial charge in [-0.25, -0.2) is 4.98 Å². The van der Waals surface area contributed by atoms with E-state index in [1.54, 1.807) is 6.20 Å². The minimum atomic E-state index is 0.622. The van der Waals surface area contributed by atoms with Gasteiger partial charge >= 0.3 is 0 Å². The maximum Gasteiger partial charge on any atom is 0.127 e. The van der Waals surface area contributed by atoms with Crippen LogP contribution in [0.15, 0.2) is 16.7 Å². The first-order valence-electron chi connectivity index (χ1n) is 3.14. The Hall–Kier alpha value is -0.570. The molecular formula is C7H9BrN2. The van der Waals surface area contributed by atoms with Gasteiger partial charge < -0.3 is 5.73 Å². The molecule has 0 aliphatic heterocycles. The third kappa shape index (κ3) is 1.29. The molecule has 0 radical (unpaired) electrons. The summed E-state index contributed by atoms with van der Waals surface area (Å²) in [5.74, 6) is 0.622. The predicted molar refractivity (Wildman–Crippen MR) is 45.7 cm³/mol. The SMILES string of the molecule is CCc1c(Br)ccnc1N. The molecule has 0 amide bonds. The van der Waals surface area contributed by atoms with Crippen LogP contribution in [0.4, 0.5) is 5.82 Å². The van der Waals surface area contributed by atoms with Crippen molar-refractivity contribution in [3.8, 4) is 0 Å². The lowest BCUT2D eigenvalue weighted by atomic mass is 10.2. The lowest BCUT2D eigenvalue weighted by Gasteiger charge is -2.02. The number of hydrogen-bond donors (Lipinski definition) is 1. The van der Waals surface area contributed by atoms with Crippen LogP contribution in [0.3, 0.4) is 0 Å². The van der Waals surface area contributed by atoms with Crippen molar-refractivity contribution >= 4 is 21.7 Å². The Morgan fingerprint density at radius 1 is 1.70 bits per heavy atom. The maximum absolute atomic E-state index is 5.59. The van der Waals surface area contributed by atoms with Gasteiger partial charge in [-0.1, -0.05) is 22.9 Å². The summed E-state index contributed by atoms with van der Waals surface area (Å²) in [7, 11) is 0. The summed E-state index contributed by atoms with van der Waals surface area (Å²) in [5, 5.41) is 0. The van der Waals surface area contributed by atoms with Crippen molar-refractivity contribution in [1.82, 2.24) is 4.98 Å². The molecule has 0 unspecified atom stereocenters. The lowest BCUT2D eigenvalue weighted by molar-refractivity contribution is 1.10. The summed E-state index contributed by atoms with van der Waals surface area (Å²) in [6, 6.07) is 1.90. The highest BCUT2D eigenvalue weighted by Gasteiger charge is 2.00. The van der Waals surface area contributed by atoms with E-state index in [0.717, 1.165) is 16.5 Å². The topological polar surface area (TPSA) is 38.9 Å². The molecule has 1 heterocycles. The van der Waals surface area contributed by atoms with Crippen LogP contribution in [0.1, 0.15) is 12.5 Å². The number of pyridine rings is 1. The molecule has 0 bridgehead atoms. The Bertz CT molecular complexity index is 215. The minimum Gasteiger partial charge on any atom is -0.383 e. The van der Waals surface area contributed by atoms with E-state index in [4.69, 9.17) is 5.73 Å². The molecule has 0 saturated carbocycles. The number of nitrogen functional groups attached to an aromatic ring is 1. The highest BCUT2D eigenvalue weighted by Crippen LogP contribution is 2.20. The molecule has 2 nitrogen and oxygen atoms in total. The van der Waals surface area contributed by atoms with Gasteiger partial charge in [-0.2, -0.15) is 0 Å². The third-order valence-electron chi connectivity index (χ3n) is 1.39. The summed E-state index contributed by atoms with van der Waals surface area (Å²) in [4.78, 5) is 3.96. The van der Waals surface area contributed by atoms with Gasteiger partial charge in [-0.05, 0) is 12.5 Å². The van der Waals surface area contributed by atoms with Crippen molar-refractivity contribution < 1.29 is 0 Å². The van der Waals surface area contributed by atoms with Gasteiger partial charge in [-0.15, -0.1) is 0 Å². The quantitative estimate of drug-likeness (QED) is 0.754. The van der Waals surface area contributed by atoms with Gasteiger partial charge in [0.1, 0.15) is 5.82 Å². The number of hydrogen-bond acceptors (Lipinski definition) is 2. The summed E-state index contributed by atoms with van der Waals surface area (Å²) in [6.45, 7) is 2.05. The Kier molecular flexibility index (Phi) is 2.27. The van der Waals surface area contributed by atoms with Crippen LogP contribution in [0.5, 0.6) is 0 Å². The predicted octanol–water partition coefficient (Wildman–Crippen LogP) is 1.99. The first-order chi connectivity index (χ1) is 4.75. The van der Waals surface area contributed by atoms with Gasteiger partial charge in [0.05, 0.1) is 0 Å². The van der Waals surface area contributed by atoms with Gasteiger partial charge in [0.25, 0.3) is 0 Å². The number of nitrogens with zero attached hydrogens (tertiary/aromatic N) is 1. The van der Waals surface area contributed by atoms with E-state index in [2.05, 4.69) is 27.8 Å². The van der Waals surface area contributed by atoms with E-state index in [1.807, 2.05) is 6.07 Å². The number of halogens is 1. The van der Waals surface area contributed by atoms with E-state index in [1.165, 1.54) is 0 Å². The zero-order chi connectivity index (χ0) is 7.56. The highest BCUT2D eigenvalue weighted by molar-refractivity contribution is 9.10. The molecule has 2 N–H and O–H groups in total. The zero-order valence-electron chi connectivity index (χ0n) is 5.76. The molecule has 0 fully saturated rings. The number of rotatable bonds is 1. The first-order valence-corrected chi connectivity index (χ1v) is 3.94. The second kappa shape index (κ2) is 3.01. The van der Waals surface area contributed by atoms with Crippen molar-refractivity contribution in [3.63, 3.8) is 0 Å². The fourth-order valence-corrected chi connectivity index (χ4v) is 1.44. The standard InChI is InChI=1S/C7H9BrN2/c1-2-5-6(8)3-4-10-7(5)9/h3-4H,2H2,1H3,(H2,9,10). The summed E-state index contributed by atoms with van der Waals surface area (Å²) >= 11 is 3.39. The maximum atomic E-state index is 5.59. The van der Waals surface area contributed by atoms with Crippen LogP contribution >= 0.6 is 15.9 Å². The van der Waals surface area contributed by atoms with Gasteiger partial charge in [0.2, 0.25) is 0 Å². The molecule has 1 rings (SSSR count). The first kappa shape index (κ1) is 7.54. The zero-order valence-corrected chi connectivity index (χ0v) is 7.35. The summed E-state index contributed by atoms with van der Waals surface area (Å²) in [6.07, 6.45) is 2.61. The van der Waals surface area contributed by atoms with Crippen molar-refractivity contribution in [2.75, 3.05) is 5.73 Å². The number of anilines is 1. The molecule has 0 aliphatic rings. The molecule has 1 aromatic heterocycles. The Balaban J connectivity index is 3.17.